The fourth-order valence-electron chi connectivity index (χ4n) is 3.42. The van der Waals surface area contributed by atoms with Crippen LogP contribution in [0.5, 0.6) is 0 Å². The monoisotopic (exact) mass is 377 g/mol. The van der Waals surface area contributed by atoms with Crippen molar-refractivity contribution in [1.29, 1.82) is 0 Å². The summed E-state index contributed by atoms with van der Waals surface area (Å²) in [5.41, 5.74) is 9.57. The summed E-state index contributed by atoms with van der Waals surface area (Å²) in [6, 6.07) is 15.2. The summed E-state index contributed by atoms with van der Waals surface area (Å²) in [6.07, 6.45) is 3.68. The number of ether oxygens (including phenoxy) is 1. The van der Waals surface area contributed by atoms with Crippen molar-refractivity contribution in [3.63, 3.8) is 0 Å². The fraction of sp³-hybridized carbons (Fsp3) is 0.286. The van der Waals surface area contributed by atoms with Crippen LogP contribution in [-0.4, -0.2) is 34.3 Å². The summed E-state index contributed by atoms with van der Waals surface area (Å²) >= 11 is 0. The van der Waals surface area contributed by atoms with Gasteiger partial charge in [-0.15, -0.1) is 0 Å². The molecule has 4 rings (SSSR count). The lowest BCUT2D eigenvalue weighted by atomic mass is 9.83. The standard InChI is InChI=1S/C21H23N5O2/c22-21(8-10-28-11-9-21)17-2-1-3-18(13-17)25-20(27)16-6-4-15(5-7-16)12-19-23-14-24-26-19/h1-7,13-14H,8-12,22H2,(H,25,27)(H,23,24,26). The van der Waals surface area contributed by atoms with Crippen LogP contribution in [0.25, 0.3) is 0 Å². The molecule has 7 heteroatoms. The van der Waals surface area contributed by atoms with Gasteiger partial charge >= 0.3 is 0 Å². The molecule has 0 radical (unpaired) electrons. The minimum atomic E-state index is -0.401. The van der Waals surface area contributed by atoms with Gasteiger partial charge in [0.15, 0.2) is 0 Å². The Balaban J connectivity index is 1.44. The highest BCUT2D eigenvalue weighted by atomic mass is 16.5. The second kappa shape index (κ2) is 7.92. The number of nitrogens with zero attached hydrogens (tertiary/aromatic N) is 2. The third kappa shape index (κ3) is 4.11. The maximum Gasteiger partial charge on any atom is 0.255 e. The Hall–Kier alpha value is -3.03. The van der Waals surface area contributed by atoms with Gasteiger partial charge in [0.2, 0.25) is 0 Å². The Morgan fingerprint density at radius 1 is 1.18 bits per heavy atom. The van der Waals surface area contributed by atoms with Crippen molar-refractivity contribution in [2.75, 3.05) is 18.5 Å². The van der Waals surface area contributed by atoms with Crippen LogP contribution < -0.4 is 11.1 Å². The lowest BCUT2D eigenvalue weighted by molar-refractivity contribution is 0.0522. The SMILES string of the molecule is NC1(c2cccc(NC(=O)c3ccc(Cc4ncn[nH]4)cc3)c2)CCOCC1. The van der Waals surface area contributed by atoms with E-state index in [4.69, 9.17) is 10.5 Å². The minimum Gasteiger partial charge on any atom is -0.381 e. The zero-order valence-electron chi connectivity index (χ0n) is 15.5. The van der Waals surface area contributed by atoms with Gasteiger partial charge in [0.05, 0.1) is 0 Å². The smallest absolute Gasteiger partial charge is 0.255 e. The van der Waals surface area contributed by atoms with E-state index < -0.39 is 5.54 Å². The number of rotatable bonds is 5. The van der Waals surface area contributed by atoms with E-state index in [1.165, 1.54) is 6.33 Å². The van der Waals surface area contributed by atoms with Gasteiger partial charge in [0.1, 0.15) is 12.2 Å². The van der Waals surface area contributed by atoms with E-state index in [0.717, 1.165) is 35.5 Å². The highest BCUT2D eigenvalue weighted by Gasteiger charge is 2.30. The molecule has 2 aromatic carbocycles. The number of benzene rings is 2. The van der Waals surface area contributed by atoms with Crippen LogP contribution in [0.3, 0.4) is 0 Å². The van der Waals surface area contributed by atoms with Crippen molar-refractivity contribution in [3.05, 3.63) is 77.4 Å². The minimum absolute atomic E-state index is 0.151. The van der Waals surface area contributed by atoms with E-state index in [-0.39, 0.29) is 5.91 Å². The number of nitrogens with one attached hydrogen (secondary N) is 2. The van der Waals surface area contributed by atoms with Crippen molar-refractivity contribution in [2.24, 2.45) is 5.73 Å². The van der Waals surface area contributed by atoms with Gasteiger partial charge in [-0.1, -0.05) is 24.3 Å². The average Bonchev–Trinajstić information content (AvgIpc) is 3.22. The van der Waals surface area contributed by atoms with Gasteiger partial charge in [0.25, 0.3) is 5.91 Å². The lowest BCUT2D eigenvalue weighted by Gasteiger charge is -2.34. The largest absolute Gasteiger partial charge is 0.381 e. The zero-order chi connectivity index (χ0) is 19.4. The number of amides is 1. The molecule has 1 aromatic heterocycles. The lowest BCUT2D eigenvalue weighted by Crippen LogP contribution is -2.42. The molecule has 0 bridgehead atoms. The molecule has 3 aromatic rings. The van der Waals surface area contributed by atoms with E-state index in [1.807, 2.05) is 48.5 Å². The molecule has 1 amide bonds. The third-order valence-electron chi connectivity index (χ3n) is 5.13. The fourth-order valence-corrected chi connectivity index (χ4v) is 3.42. The van der Waals surface area contributed by atoms with E-state index in [2.05, 4.69) is 20.5 Å². The summed E-state index contributed by atoms with van der Waals surface area (Å²) in [7, 11) is 0. The van der Waals surface area contributed by atoms with Gasteiger partial charge in [-0.3, -0.25) is 9.89 Å². The molecule has 28 heavy (non-hydrogen) atoms. The van der Waals surface area contributed by atoms with Crippen LogP contribution in [0.4, 0.5) is 5.69 Å². The molecule has 1 fully saturated rings. The number of hydrogen-bond acceptors (Lipinski definition) is 5. The first-order valence-corrected chi connectivity index (χ1v) is 9.34. The summed E-state index contributed by atoms with van der Waals surface area (Å²) in [4.78, 5) is 16.7. The second-order valence-electron chi connectivity index (χ2n) is 7.11. The van der Waals surface area contributed by atoms with Crippen molar-refractivity contribution in [2.45, 2.75) is 24.8 Å². The third-order valence-corrected chi connectivity index (χ3v) is 5.13. The number of aromatic amines is 1. The summed E-state index contributed by atoms with van der Waals surface area (Å²) in [5.74, 6) is 0.638. The normalized spacial score (nSPS) is 15.9. The van der Waals surface area contributed by atoms with Crippen molar-refractivity contribution in [3.8, 4) is 0 Å². The zero-order valence-corrected chi connectivity index (χ0v) is 15.5. The van der Waals surface area contributed by atoms with Crippen LogP contribution in [0.15, 0.2) is 54.9 Å². The quantitative estimate of drug-likeness (QED) is 0.634. The van der Waals surface area contributed by atoms with Gasteiger partial charge in [-0.2, -0.15) is 5.10 Å². The number of hydrogen-bond donors (Lipinski definition) is 3. The predicted molar refractivity (Wildman–Crippen MR) is 106 cm³/mol. The number of carbonyl (C=O) groups excluding carboxylic acids is 1. The van der Waals surface area contributed by atoms with Gasteiger partial charge in [0, 0.05) is 36.4 Å². The average molecular weight is 377 g/mol. The number of aromatic nitrogens is 3. The van der Waals surface area contributed by atoms with Crippen molar-refractivity contribution in [1.82, 2.24) is 15.2 Å². The molecule has 0 unspecified atom stereocenters. The topological polar surface area (TPSA) is 106 Å². The van der Waals surface area contributed by atoms with Crippen LogP contribution in [-0.2, 0) is 16.7 Å². The van der Waals surface area contributed by atoms with Crippen molar-refractivity contribution >= 4 is 11.6 Å². The number of H-pyrrole nitrogens is 1. The van der Waals surface area contributed by atoms with Crippen LogP contribution >= 0.6 is 0 Å². The van der Waals surface area contributed by atoms with E-state index in [9.17, 15) is 4.79 Å². The maximum absolute atomic E-state index is 12.6. The Labute approximate surface area is 163 Å². The molecule has 1 saturated heterocycles. The van der Waals surface area contributed by atoms with Crippen LogP contribution in [0.2, 0.25) is 0 Å². The van der Waals surface area contributed by atoms with E-state index in [1.54, 1.807) is 0 Å². The summed E-state index contributed by atoms with van der Waals surface area (Å²) in [5, 5.41) is 9.64. The van der Waals surface area contributed by atoms with Crippen LogP contribution in [0.1, 0.15) is 40.2 Å². The predicted octanol–water partition coefficient (Wildman–Crippen LogP) is 2.61. The van der Waals surface area contributed by atoms with Gasteiger partial charge in [-0.25, -0.2) is 4.98 Å². The Morgan fingerprint density at radius 3 is 2.68 bits per heavy atom. The molecular weight excluding hydrogens is 354 g/mol. The first-order chi connectivity index (χ1) is 13.6. The molecule has 0 spiro atoms. The summed E-state index contributed by atoms with van der Waals surface area (Å²) < 4.78 is 5.42. The van der Waals surface area contributed by atoms with Gasteiger partial charge < -0.3 is 15.8 Å². The molecule has 1 aliphatic rings. The Morgan fingerprint density at radius 2 is 1.96 bits per heavy atom. The Kier molecular flexibility index (Phi) is 5.18. The number of carbonyl (C=O) groups is 1. The maximum atomic E-state index is 12.6. The van der Waals surface area contributed by atoms with E-state index >= 15 is 0 Å². The first-order valence-electron chi connectivity index (χ1n) is 9.34. The molecule has 0 saturated carbocycles. The van der Waals surface area contributed by atoms with Crippen LogP contribution in [0, 0.1) is 0 Å². The Bertz CT molecular complexity index is 932. The highest BCUT2D eigenvalue weighted by molar-refractivity contribution is 6.04. The number of anilines is 1. The molecule has 2 heterocycles. The molecule has 7 nitrogen and oxygen atoms in total. The van der Waals surface area contributed by atoms with Crippen molar-refractivity contribution < 1.29 is 9.53 Å². The molecule has 4 N–H and O–H groups in total. The molecule has 0 aliphatic carbocycles. The highest BCUT2D eigenvalue weighted by Crippen LogP contribution is 2.30. The summed E-state index contributed by atoms with van der Waals surface area (Å²) in [6.45, 7) is 1.32. The molecule has 0 atom stereocenters. The van der Waals surface area contributed by atoms with Gasteiger partial charge in [-0.05, 0) is 48.2 Å². The first kappa shape index (κ1) is 18.3. The number of nitrogens with two attached hydrogens (primary N) is 1. The van der Waals surface area contributed by atoms with E-state index in [0.29, 0.717) is 25.2 Å². The molecular formula is C21H23N5O2. The second-order valence-corrected chi connectivity index (χ2v) is 7.11. The molecule has 144 valence electrons. The molecule has 1 aliphatic heterocycles.